The van der Waals surface area contributed by atoms with E-state index in [1.165, 1.54) is 7.11 Å². The zero-order chi connectivity index (χ0) is 15.4. The molecule has 1 aromatic carbocycles. The molecule has 0 bridgehead atoms. The number of ether oxygens (including phenoxy) is 2. The molecule has 1 fully saturated rings. The summed E-state index contributed by atoms with van der Waals surface area (Å²) in [5.41, 5.74) is 6.42. The summed E-state index contributed by atoms with van der Waals surface area (Å²) in [6.07, 6.45) is 1.88. The molecular formula is C15H22Cl2N2O3. The minimum absolute atomic E-state index is 0. The van der Waals surface area contributed by atoms with Gasteiger partial charge in [-0.25, -0.2) is 0 Å². The van der Waals surface area contributed by atoms with Gasteiger partial charge in [0.2, 0.25) is 0 Å². The average Bonchev–Trinajstić information content (AvgIpc) is 2.48. The highest BCUT2D eigenvalue weighted by Crippen LogP contribution is 2.36. The van der Waals surface area contributed by atoms with E-state index >= 15 is 0 Å². The summed E-state index contributed by atoms with van der Waals surface area (Å²) in [5, 5.41) is 0.376. The van der Waals surface area contributed by atoms with Gasteiger partial charge in [0.25, 0.3) is 5.91 Å². The number of hydrogen-bond donors (Lipinski definition) is 1. The molecule has 0 saturated carbocycles. The lowest BCUT2D eigenvalue weighted by molar-refractivity contribution is 0.0708. The van der Waals surface area contributed by atoms with E-state index in [2.05, 4.69) is 0 Å². The quantitative estimate of drug-likeness (QED) is 0.908. The molecule has 22 heavy (non-hydrogen) atoms. The maximum absolute atomic E-state index is 12.6. The van der Waals surface area contributed by atoms with Crippen LogP contribution in [-0.2, 0) is 0 Å². The highest BCUT2D eigenvalue weighted by molar-refractivity contribution is 6.32. The predicted molar refractivity (Wildman–Crippen MR) is 89.5 cm³/mol. The maximum Gasteiger partial charge on any atom is 0.254 e. The fourth-order valence-electron chi connectivity index (χ4n) is 2.50. The summed E-state index contributed by atoms with van der Waals surface area (Å²) in [7, 11) is 1.53. The first-order valence-corrected chi connectivity index (χ1v) is 7.49. The zero-order valence-electron chi connectivity index (χ0n) is 12.8. The first-order chi connectivity index (χ1) is 10.1. The van der Waals surface area contributed by atoms with Crippen LogP contribution in [0.3, 0.4) is 0 Å². The van der Waals surface area contributed by atoms with Crippen LogP contribution in [0.15, 0.2) is 12.1 Å². The molecule has 1 atom stereocenters. The molecule has 124 valence electrons. The maximum atomic E-state index is 12.6. The van der Waals surface area contributed by atoms with Crippen LogP contribution in [-0.4, -0.2) is 43.7 Å². The van der Waals surface area contributed by atoms with Crippen LogP contribution in [0, 0.1) is 0 Å². The summed E-state index contributed by atoms with van der Waals surface area (Å²) in [6, 6.07) is 3.33. The molecule has 1 unspecified atom stereocenters. The molecule has 2 N–H and O–H groups in total. The third-order valence-electron chi connectivity index (χ3n) is 3.51. The Morgan fingerprint density at radius 2 is 2.23 bits per heavy atom. The summed E-state index contributed by atoms with van der Waals surface area (Å²) >= 11 is 6.20. The standard InChI is InChI=1S/C15H21ClN2O3.ClH/c1-3-21-14-12(16)7-10(8-13(14)20-2)15(19)18-6-4-5-11(17)9-18;/h7-8,11H,3-6,9,17H2,1-2H3;1H. The minimum atomic E-state index is -0.0756. The van der Waals surface area contributed by atoms with Crippen molar-refractivity contribution in [2.24, 2.45) is 5.73 Å². The molecule has 1 amide bonds. The van der Waals surface area contributed by atoms with E-state index in [1.54, 1.807) is 17.0 Å². The van der Waals surface area contributed by atoms with Crippen LogP contribution < -0.4 is 15.2 Å². The second-order valence-corrected chi connectivity index (χ2v) is 5.48. The van der Waals surface area contributed by atoms with Crippen molar-refractivity contribution in [2.45, 2.75) is 25.8 Å². The van der Waals surface area contributed by atoms with E-state index < -0.39 is 0 Å². The van der Waals surface area contributed by atoms with E-state index in [0.717, 1.165) is 19.4 Å². The van der Waals surface area contributed by atoms with Gasteiger partial charge in [0, 0.05) is 24.7 Å². The van der Waals surface area contributed by atoms with Gasteiger partial charge in [0.15, 0.2) is 11.5 Å². The first kappa shape index (κ1) is 18.9. The molecule has 0 aliphatic carbocycles. The molecule has 1 aliphatic heterocycles. The summed E-state index contributed by atoms with van der Waals surface area (Å²) in [6.45, 7) is 3.64. The van der Waals surface area contributed by atoms with Gasteiger partial charge < -0.3 is 20.1 Å². The van der Waals surface area contributed by atoms with Gasteiger partial charge in [-0.3, -0.25) is 4.79 Å². The molecule has 2 rings (SSSR count). The van der Waals surface area contributed by atoms with Crippen molar-refractivity contribution in [3.8, 4) is 11.5 Å². The fourth-order valence-corrected chi connectivity index (χ4v) is 2.77. The van der Waals surface area contributed by atoms with Crippen LogP contribution in [0.2, 0.25) is 5.02 Å². The van der Waals surface area contributed by atoms with Crippen molar-refractivity contribution in [1.29, 1.82) is 0 Å². The Morgan fingerprint density at radius 1 is 1.50 bits per heavy atom. The van der Waals surface area contributed by atoms with Gasteiger partial charge >= 0.3 is 0 Å². The smallest absolute Gasteiger partial charge is 0.254 e. The van der Waals surface area contributed by atoms with E-state index in [0.29, 0.717) is 35.2 Å². The van der Waals surface area contributed by atoms with Crippen LogP contribution >= 0.6 is 24.0 Å². The van der Waals surface area contributed by atoms with E-state index in [4.69, 9.17) is 26.8 Å². The van der Waals surface area contributed by atoms with Gasteiger partial charge in [0.05, 0.1) is 18.7 Å². The number of nitrogens with two attached hydrogens (primary N) is 1. The molecule has 0 aromatic heterocycles. The number of hydrogen-bond acceptors (Lipinski definition) is 4. The lowest BCUT2D eigenvalue weighted by Gasteiger charge is -2.31. The second kappa shape index (κ2) is 8.46. The summed E-state index contributed by atoms with van der Waals surface area (Å²) in [5.74, 6) is 0.857. The van der Waals surface area contributed by atoms with Crippen molar-refractivity contribution in [3.05, 3.63) is 22.7 Å². The number of nitrogens with zero attached hydrogens (tertiary/aromatic N) is 1. The Labute approximate surface area is 142 Å². The number of likely N-dealkylation sites (tertiary alicyclic amines) is 1. The van der Waals surface area contributed by atoms with Crippen molar-refractivity contribution >= 4 is 29.9 Å². The molecule has 7 heteroatoms. The van der Waals surface area contributed by atoms with E-state index in [-0.39, 0.29) is 24.4 Å². The van der Waals surface area contributed by atoms with Crippen LogP contribution in [0.25, 0.3) is 0 Å². The normalized spacial score (nSPS) is 17.6. The van der Waals surface area contributed by atoms with Gasteiger partial charge in [-0.1, -0.05) is 11.6 Å². The number of carbonyl (C=O) groups is 1. The molecule has 0 spiro atoms. The lowest BCUT2D eigenvalue weighted by atomic mass is 10.1. The van der Waals surface area contributed by atoms with Crippen molar-refractivity contribution in [3.63, 3.8) is 0 Å². The number of halogens is 2. The van der Waals surface area contributed by atoms with E-state index in [1.807, 2.05) is 6.92 Å². The Hall–Kier alpha value is -1.17. The first-order valence-electron chi connectivity index (χ1n) is 7.12. The van der Waals surface area contributed by atoms with Crippen molar-refractivity contribution in [1.82, 2.24) is 4.90 Å². The van der Waals surface area contributed by atoms with Gasteiger partial charge in [-0.15, -0.1) is 12.4 Å². The fraction of sp³-hybridized carbons (Fsp3) is 0.533. The van der Waals surface area contributed by atoms with Gasteiger partial charge in [-0.05, 0) is 31.9 Å². The van der Waals surface area contributed by atoms with Crippen LogP contribution in [0.4, 0.5) is 0 Å². The van der Waals surface area contributed by atoms with E-state index in [9.17, 15) is 4.79 Å². The third kappa shape index (κ3) is 4.18. The molecule has 1 saturated heterocycles. The largest absolute Gasteiger partial charge is 0.493 e. The molecule has 1 aliphatic rings. The topological polar surface area (TPSA) is 64.8 Å². The number of carbonyl (C=O) groups excluding carboxylic acids is 1. The SMILES string of the molecule is CCOc1c(Cl)cc(C(=O)N2CCCC(N)C2)cc1OC.Cl. The lowest BCUT2D eigenvalue weighted by Crippen LogP contribution is -2.45. The molecule has 1 aromatic rings. The molecule has 5 nitrogen and oxygen atoms in total. The Kier molecular flexibility index (Phi) is 7.26. The monoisotopic (exact) mass is 348 g/mol. The highest BCUT2D eigenvalue weighted by atomic mass is 35.5. The summed E-state index contributed by atoms with van der Waals surface area (Å²) < 4.78 is 10.7. The number of amides is 1. The predicted octanol–water partition coefficient (Wildman–Crippen LogP) is 2.73. The number of piperidine rings is 1. The molecule has 1 heterocycles. The highest BCUT2D eigenvalue weighted by Gasteiger charge is 2.24. The minimum Gasteiger partial charge on any atom is -0.493 e. The van der Waals surface area contributed by atoms with Crippen molar-refractivity contribution in [2.75, 3.05) is 26.8 Å². The Bertz CT molecular complexity index is 526. The van der Waals surface area contributed by atoms with Crippen LogP contribution in [0.5, 0.6) is 11.5 Å². The Morgan fingerprint density at radius 3 is 2.82 bits per heavy atom. The second-order valence-electron chi connectivity index (χ2n) is 5.08. The number of methoxy groups -OCH3 is 1. The number of benzene rings is 1. The van der Waals surface area contributed by atoms with Gasteiger partial charge in [-0.2, -0.15) is 0 Å². The van der Waals surface area contributed by atoms with Gasteiger partial charge in [0.1, 0.15) is 0 Å². The number of rotatable bonds is 4. The molecular weight excluding hydrogens is 327 g/mol. The van der Waals surface area contributed by atoms with Crippen molar-refractivity contribution < 1.29 is 14.3 Å². The molecule has 0 radical (unpaired) electrons. The van der Waals surface area contributed by atoms with Crippen LogP contribution in [0.1, 0.15) is 30.1 Å². The zero-order valence-corrected chi connectivity index (χ0v) is 14.4. The third-order valence-corrected chi connectivity index (χ3v) is 3.79. The summed E-state index contributed by atoms with van der Waals surface area (Å²) in [4.78, 5) is 14.3. The Balaban J connectivity index is 0.00000242. The average molecular weight is 349 g/mol.